The van der Waals surface area contributed by atoms with E-state index in [0.717, 1.165) is 0 Å². The van der Waals surface area contributed by atoms with Crippen molar-refractivity contribution in [2.24, 2.45) is 5.92 Å². The van der Waals surface area contributed by atoms with Gasteiger partial charge in [-0.25, -0.2) is 4.79 Å². The summed E-state index contributed by atoms with van der Waals surface area (Å²) in [6.07, 6.45) is 0.385. The zero-order valence-electron chi connectivity index (χ0n) is 19.9. The molecular weight excluding hydrogens is 414 g/mol. The third kappa shape index (κ3) is 6.77. The monoisotopic (exact) mass is 449 g/mol. The lowest BCUT2D eigenvalue weighted by atomic mass is 10.1. The van der Waals surface area contributed by atoms with Gasteiger partial charge in [0.2, 0.25) is 11.8 Å². The van der Waals surface area contributed by atoms with Crippen LogP contribution in [0.1, 0.15) is 40.5 Å². The van der Waals surface area contributed by atoms with Crippen molar-refractivity contribution in [3.63, 3.8) is 0 Å². The van der Waals surface area contributed by atoms with Crippen LogP contribution in [0.2, 0.25) is 0 Å². The van der Waals surface area contributed by atoms with Crippen molar-refractivity contribution in [3.8, 4) is 11.5 Å². The van der Waals surface area contributed by atoms with Crippen LogP contribution in [0.5, 0.6) is 11.5 Å². The molecule has 0 aliphatic carbocycles. The maximum Gasteiger partial charge on any atom is 0.410 e. The van der Waals surface area contributed by atoms with E-state index in [0.29, 0.717) is 49.8 Å². The van der Waals surface area contributed by atoms with Crippen LogP contribution in [-0.4, -0.2) is 68.8 Å². The topological polar surface area (TPSA) is 97.4 Å². The van der Waals surface area contributed by atoms with Crippen molar-refractivity contribution in [2.45, 2.75) is 46.1 Å². The molecule has 0 radical (unpaired) electrons. The molecule has 9 heteroatoms. The average Bonchev–Trinajstić information content (AvgIpc) is 3.13. The van der Waals surface area contributed by atoms with Gasteiger partial charge in [-0.2, -0.15) is 0 Å². The van der Waals surface area contributed by atoms with Crippen molar-refractivity contribution >= 4 is 23.6 Å². The quantitative estimate of drug-likeness (QED) is 0.582. The lowest BCUT2D eigenvalue weighted by Gasteiger charge is -2.26. The number of methoxy groups -OCH3 is 2. The highest BCUT2D eigenvalue weighted by Gasteiger charge is 2.35. The van der Waals surface area contributed by atoms with Crippen LogP contribution < -0.4 is 19.7 Å². The van der Waals surface area contributed by atoms with Gasteiger partial charge in [-0.1, -0.05) is 0 Å². The fourth-order valence-electron chi connectivity index (χ4n) is 3.46. The van der Waals surface area contributed by atoms with Gasteiger partial charge in [0, 0.05) is 44.4 Å². The number of amides is 3. The molecule has 32 heavy (non-hydrogen) atoms. The van der Waals surface area contributed by atoms with Crippen molar-refractivity contribution < 1.29 is 28.6 Å². The molecule has 1 atom stereocenters. The van der Waals surface area contributed by atoms with Gasteiger partial charge >= 0.3 is 6.09 Å². The molecule has 1 saturated heterocycles. The molecule has 1 aliphatic rings. The fraction of sp³-hybridized carbons (Fsp3) is 0.609. The number of carbonyl (C=O) groups is 3. The van der Waals surface area contributed by atoms with Gasteiger partial charge in [-0.15, -0.1) is 0 Å². The second-order valence-electron chi connectivity index (χ2n) is 8.65. The summed E-state index contributed by atoms with van der Waals surface area (Å²) in [7, 11) is 3.08. The molecule has 9 nitrogen and oxygen atoms in total. The summed E-state index contributed by atoms with van der Waals surface area (Å²) in [5.74, 6) is 0.394. The number of ether oxygens (including phenoxy) is 3. The highest BCUT2D eigenvalue weighted by atomic mass is 16.6. The summed E-state index contributed by atoms with van der Waals surface area (Å²) >= 11 is 0. The number of anilines is 1. The Hall–Kier alpha value is -2.97. The van der Waals surface area contributed by atoms with Crippen LogP contribution in [0.15, 0.2) is 18.2 Å². The van der Waals surface area contributed by atoms with Gasteiger partial charge in [0.05, 0.1) is 20.1 Å². The fourth-order valence-corrected chi connectivity index (χ4v) is 3.46. The summed E-state index contributed by atoms with van der Waals surface area (Å²) in [6, 6.07) is 5.24. The van der Waals surface area contributed by atoms with E-state index in [2.05, 4.69) is 5.32 Å². The molecule has 2 rings (SSSR count). The number of benzene rings is 1. The van der Waals surface area contributed by atoms with Gasteiger partial charge in [0.25, 0.3) is 0 Å². The molecular formula is C23H35N3O6. The molecule has 1 fully saturated rings. The third-order valence-corrected chi connectivity index (χ3v) is 5.11. The Morgan fingerprint density at radius 3 is 2.47 bits per heavy atom. The maximum absolute atomic E-state index is 12.6. The SMILES string of the molecule is CCN(CCCNC(=O)[C@H]1CC(=O)N(c2ccc(OC)c(OC)c2)C1)C(=O)OC(C)(C)C. The van der Waals surface area contributed by atoms with Crippen molar-refractivity contribution in [2.75, 3.05) is 45.3 Å². The highest BCUT2D eigenvalue weighted by Crippen LogP contribution is 2.34. The zero-order chi connectivity index (χ0) is 23.9. The maximum atomic E-state index is 12.6. The smallest absolute Gasteiger partial charge is 0.410 e. The lowest BCUT2D eigenvalue weighted by Crippen LogP contribution is -2.39. The molecule has 0 saturated carbocycles. The van der Waals surface area contributed by atoms with Crippen LogP contribution >= 0.6 is 0 Å². The molecule has 0 aromatic heterocycles. The van der Waals surface area contributed by atoms with E-state index in [1.165, 1.54) is 7.11 Å². The van der Waals surface area contributed by atoms with Crippen molar-refractivity contribution in [1.29, 1.82) is 0 Å². The first kappa shape index (κ1) is 25.3. The number of carbonyl (C=O) groups excluding carboxylic acids is 3. The first-order valence-corrected chi connectivity index (χ1v) is 10.9. The van der Waals surface area contributed by atoms with Crippen LogP contribution in [0.4, 0.5) is 10.5 Å². The normalized spacial score (nSPS) is 16.0. The Morgan fingerprint density at radius 2 is 1.88 bits per heavy atom. The summed E-state index contributed by atoms with van der Waals surface area (Å²) in [4.78, 5) is 40.5. The molecule has 1 heterocycles. The van der Waals surface area contributed by atoms with Crippen LogP contribution in [0, 0.1) is 5.92 Å². The summed E-state index contributed by atoms with van der Waals surface area (Å²) in [6.45, 7) is 9.09. The largest absolute Gasteiger partial charge is 0.493 e. The number of nitrogens with zero attached hydrogens (tertiary/aromatic N) is 2. The van der Waals surface area contributed by atoms with Gasteiger partial charge in [-0.05, 0) is 46.2 Å². The van der Waals surface area contributed by atoms with E-state index in [-0.39, 0.29) is 24.3 Å². The summed E-state index contributed by atoms with van der Waals surface area (Å²) in [5.41, 5.74) is 0.118. The molecule has 0 unspecified atom stereocenters. The van der Waals surface area contributed by atoms with E-state index in [1.54, 1.807) is 35.1 Å². The molecule has 1 N–H and O–H groups in total. The van der Waals surface area contributed by atoms with Crippen LogP contribution in [0.25, 0.3) is 0 Å². The second-order valence-corrected chi connectivity index (χ2v) is 8.65. The zero-order valence-corrected chi connectivity index (χ0v) is 19.9. The average molecular weight is 450 g/mol. The third-order valence-electron chi connectivity index (χ3n) is 5.11. The molecule has 178 valence electrons. The molecule has 1 aliphatic heterocycles. The summed E-state index contributed by atoms with van der Waals surface area (Å²) in [5, 5.41) is 2.88. The van der Waals surface area contributed by atoms with Gasteiger partial charge in [0.1, 0.15) is 5.60 Å². The Labute approximate surface area is 190 Å². The first-order valence-electron chi connectivity index (χ1n) is 10.9. The van der Waals surface area contributed by atoms with Crippen LogP contribution in [-0.2, 0) is 14.3 Å². The predicted octanol–water partition coefficient (Wildman–Crippen LogP) is 2.82. The lowest BCUT2D eigenvalue weighted by molar-refractivity contribution is -0.126. The number of nitrogens with one attached hydrogen (secondary N) is 1. The molecule has 0 spiro atoms. The van der Waals surface area contributed by atoms with E-state index < -0.39 is 11.5 Å². The van der Waals surface area contributed by atoms with E-state index >= 15 is 0 Å². The molecule has 3 amide bonds. The highest BCUT2D eigenvalue weighted by molar-refractivity contribution is 6.00. The Bertz CT molecular complexity index is 820. The number of hydrogen-bond acceptors (Lipinski definition) is 6. The standard InChI is InChI=1S/C23H35N3O6/c1-7-25(22(29)32-23(2,3)4)12-8-11-24-21(28)16-13-20(27)26(15-16)17-9-10-18(30-5)19(14-17)31-6/h9-10,14,16H,7-8,11-13,15H2,1-6H3,(H,24,28)/t16-/m0/s1. The molecule has 0 bridgehead atoms. The minimum atomic E-state index is -0.548. The number of hydrogen-bond donors (Lipinski definition) is 1. The predicted molar refractivity (Wildman–Crippen MR) is 121 cm³/mol. The number of rotatable bonds is 9. The Balaban J connectivity index is 1.85. The van der Waals surface area contributed by atoms with E-state index in [4.69, 9.17) is 14.2 Å². The molecule has 1 aromatic rings. The minimum absolute atomic E-state index is 0.112. The van der Waals surface area contributed by atoms with Gasteiger partial charge in [0.15, 0.2) is 11.5 Å². The first-order chi connectivity index (χ1) is 15.1. The summed E-state index contributed by atoms with van der Waals surface area (Å²) < 4.78 is 15.9. The second kappa shape index (κ2) is 11.1. The van der Waals surface area contributed by atoms with E-state index in [1.807, 2.05) is 27.7 Å². The van der Waals surface area contributed by atoms with Crippen molar-refractivity contribution in [1.82, 2.24) is 10.2 Å². The minimum Gasteiger partial charge on any atom is -0.493 e. The van der Waals surface area contributed by atoms with Gasteiger partial charge in [-0.3, -0.25) is 9.59 Å². The molecule has 1 aromatic carbocycles. The van der Waals surface area contributed by atoms with E-state index in [9.17, 15) is 14.4 Å². The Kier molecular flexibility index (Phi) is 8.74. The van der Waals surface area contributed by atoms with Crippen LogP contribution in [0.3, 0.4) is 0 Å². The van der Waals surface area contributed by atoms with Gasteiger partial charge < -0.3 is 29.3 Å². The van der Waals surface area contributed by atoms with Crippen molar-refractivity contribution in [3.05, 3.63) is 18.2 Å². The Morgan fingerprint density at radius 1 is 1.19 bits per heavy atom.